The summed E-state index contributed by atoms with van der Waals surface area (Å²) >= 11 is 5.10. The molecule has 1 aliphatic rings. The smallest absolute Gasteiger partial charge is 0.234 e. The molecule has 0 saturated carbocycles. The minimum absolute atomic E-state index is 0.00390. The monoisotopic (exact) mass is 361 g/mol. The lowest BCUT2D eigenvalue weighted by molar-refractivity contribution is -0.120. The van der Waals surface area contributed by atoms with Gasteiger partial charge in [-0.15, -0.1) is 11.8 Å². The van der Waals surface area contributed by atoms with E-state index in [1.54, 1.807) is 11.8 Å². The lowest BCUT2D eigenvalue weighted by Crippen LogP contribution is -2.31. The third kappa shape index (κ3) is 3.50. The fraction of sp³-hybridized carbons (Fsp3) is 0.235. The van der Waals surface area contributed by atoms with Crippen LogP contribution < -0.4 is 5.32 Å². The Bertz CT molecular complexity index is 616. The topological polar surface area (TPSA) is 29.1 Å². The first-order valence-corrected chi connectivity index (χ1v) is 8.92. The second kappa shape index (κ2) is 6.67. The molecule has 2 aromatic carbocycles. The van der Waals surface area contributed by atoms with E-state index in [0.717, 1.165) is 17.3 Å². The summed E-state index contributed by atoms with van der Waals surface area (Å²) in [6.07, 6.45) is 0.829. The molecule has 0 bridgehead atoms. The van der Waals surface area contributed by atoms with Gasteiger partial charge in [-0.2, -0.15) is 0 Å². The number of thioether (sulfide) groups is 1. The number of halogens is 1. The van der Waals surface area contributed by atoms with E-state index in [1.165, 1.54) is 16.0 Å². The molecule has 2 nitrogen and oxygen atoms in total. The van der Waals surface area contributed by atoms with Gasteiger partial charge in [-0.3, -0.25) is 4.79 Å². The molecule has 2 aromatic rings. The Morgan fingerprint density at radius 2 is 1.86 bits per heavy atom. The molecular formula is C17H16BrNOS. The normalized spacial score (nSPS) is 16.5. The van der Waals surface area contributed by atoms with Crippen molar-refractivity contribution in [2.24, 2.45) is 0 Å². The van der Waals surface area contributed by atoms with Crippen molar-refractivity contribution in [1.29, 1.82) is 0 Å². The fourth-order valence-corrected chi connectivity index (χ4v) is 3.97. The summed E-state index contributed by atoms with van der Waals surface area (Å²) in [6, 6.07) is 16.5. The van der Waals surface area contributed by atoms with Crippen LogP contribution in [0.3, 0.4) is 0 Å². The van der Waals surface area contributed by atoms with Gasteiger partial charge in [0.2, 0.25) is 5.91 Å². The number of hydrogen-bond acceptors (Lipinski definition) is 2. The van der Waals surface area contributed by atoms with Crippen molar-refractivity contribution in [3.8, 4) is 0 Å². The Morgan fingerprint density at radius 1 is 1.14 bits per heavy atom. The van der Waals surface area contributed by atoms with Crippen molar-refractivity contribution in [2.45, 2.75) is 28.4 Å². The van der Waals surface area contributed by atoms with Crippen LogP contribution in [0.25, 0.3) is 0 Å². The minimum Gasteiger partial charge on any atom is -0.351 e. The summed E-state index contributed by atoms with van der Waals surface area (Å²) < 4.78 is 0. The second-order valence-electron chi connectivity index (χ2n) is 5.09. The lowest BCUT2D eigenvalue weighted by atomic mass is 10.1. The molecule has 0 spiro atoms. The van der Waals surface area contributed by atoms with E-state index < -0.39 is 0 Å². The molecule has 1 unspecified atom stereocenters. The number of carbonyl (C=O) groups is 1. The maximum Gasteiger partial charge on any atom is 0.234 e. The number of carbonyl (C=O) groups excluding carboxylic acids is 1. The third-order valence-corrected chi connectivity index (χ3v) is 5.55. The van der Waals surface area contributed by atoms with Crippen molar-refractivity contribution >= 4 is 33.6 Å². The van der Waals surface area contributed by atoms with E-state index in [1.807, 2.05) is 12.1 Å². The van der Waals surface area contributed by atoms with E-state index in [0.29, 0.717) is 6.54 Å². The molecular weight excluding hydrogens is 346 g/mol. The summed E-state index contributed by atoms with van der Waals surface area (Å²) in [5.41, 5.74) is 3.66. The van der Waals surface area contributed by atoms with Crippen LogP contribution in [0.2, 0.25) is 0 Å². The number of benzene rings is 2. The molecule has 0 aliphatic carbocycles. The number of nitrogens with one attached hydrogen (secondary N) is 1. The molecule has 1 aliphatic heterocycles. The van der Waals surface area contributed by atoms with Gasteiger partial charge in [0.1, 0.15) is 0 Å². The Labute approximate surface area is 137 Å². The molecule has 1 atom stereocenters. The highest BCUT2D eigenvalue weighted by atomic mass is 79.9. The van der Waals surface area contributed by atoms with Gasteiger partial charge in [-0.1, -0.05) is 58.4 Å². The molecule has 1 heterocycles. The summed E-state index contributed by atoms with van der Waals surface area (Å²) in [5, 5.41) is 3.90. The van der Waals surface area contributed by atoms with Gasteiger partial charge < -0.3 is 5.32 Å². The zero-order valence-corrected chi connectivity index (χ0v) is 13.9. The Balaban J connectivity index is 1.55. The maximum absolute atomic E-state index is 12.3. The number of hydrogen-bond donors (Lipinski definition) is 1. The lowest BCUT2D eigenvalue weighted by Gasteiger charge is -2.10. The van der Waals surface area contributed by atoms with Gasteiger partial charge in [-0.05, 0) is 29.2 Å². The third-order valence-electron chi connectivity index (χ3n) is 3.58. The van der Waals surface area contributed by atoms with Crippen LogP contribution in [-0.4, -0.2) is 11.2 Å². The zero-order chi connectivity index (χ0) is 14.7. The zero-order valence-electron chi connectivity index (χ0n) is 11.5. The van der Waals surface area contributed by atoms with Crippen LogP contribution in [0, 0.1) is 0 Å². The molecule has 0 aromatic heterocycles. The average molecular weight is 362 g/mol. The number of alkyl halides is 1. The van der Waals surface area contributed by atoms with Crippen LogP contribution in [0.1, 0.15) is 16.7 Å². The Kier molecular flexibility index (Phi) is 4.66. The molecule has 1 amide bonds. The molecule has 0 saturated heterocycles. The number of amides is 1. The molecule has 3 rings (SSSR count). The average Bonchev–Trinajstić information content (AvgIpc) is 2.97. The fourth-order valence-electron chi connectivity index (χ4n) is 2.38. The molecule has 21 heavy (non-hydrogen) atoms. The van der Waals surface area contributed by atoms with Crippen molar-refractivity contribution in [1.82, 2.24) is 5.32 Å². The van der Waals surface area contributed by atoms with Gasteiger partial charge in [-0.25, -0.2) is 0 Å². The van der Waals surface area contributed by atoms with Gasteiger partial charge in [0.05, 0.1) is 5.25 Å². The van der Waals surface area contributed by atoms with Crippen molar-refractivity contribution in [2.75, 3.05) is 0 Å². The maximum atomic E-state index is 12.3. The van der Waals surface area contributed by atoms with Crippen LogP contribution in [0.5, 0.6) is 0 Å². The molecule has 1 N–H and O–H groups in total. The number of rotatable bonds is 4. The van der Waals surface area contributed by atoms with E-state index in [-0.39, 0.29) is 11.2 Å². The van der Waals surface area contributed by atoms with Crippen molar-refractivity contribution in [3.63, 3.8) is 0 Å². The quantitative estimate of drug-likeness (QED) is 0.836. The first kappa shape index (κ1) is 14.7. The van der Waals surface area contributed by atoms with E-state index >= 15 is 0 Å². The predicted molar refractivity (Wildman–Crippen MR) is 90.7 cm³/mol. The van der Waals surface area contributed by atoms with E-state index in [2.05, 4.69) is 57.6 Å². The SMILES string of the molecule is O=C(NCc1ccc(CBr)cc1)C1Cc2ccccc2S1. The standard InChI is InChI=1S/C17H16BrNOS/c18-10-12-5-7-13(8-6-12)11-19-17(20)16-9-14-3-1-2-4-15(14)21-16/h1-8,16H,9-11H2,(H,19,20). The Hall–Kier alpha value is -1.26. The highest BCUT2D eigenvalue weighted by molar-refractivity contribution is 9.08. The summed E-state index contributed by atoms with van der Waals surface area (Å²) in [5.74, 6) is 0.126. The van der Waals surface area contributed by atoms with Gasteiger partial charge >= 0.3 is 0 Å². The minimum atomic E-state index is 0.00390. The van der Waals surface area contributed by atoms with Crippen LogP contribution >= 0.6 is 27.7 Å². The van der Waals surface area contributed by atoms with Crippen LogP contribution in [-0.2, 0) is 23.1 Å². The summed E-state index contributed by atoms with van der Waals surface area (Å²) in [7, 11) is 0. The van der Waals surface area contributed by atoms with Gasteiger partial charge in [0.15, 0.2) is 0 Å². The Morgan fingerprint density at radius 3 is 2.57 bits per heavy atom. The first-order valence-electron chi connectivity index (χ1n) is 6.92. The molecule has 4 heteroatoms. The van der Waals surface area contributed by atoms with Gasteiger partial charge in [0.25, 0.3) is 0 Å². The van der Waals surface area contributed by atoms with E-state index in [4.69, 9.17) is 0 Å². The highest BCUT2D eigenvalue weighted by Crippen LogP contribution is 2.36. The van der Waals surface area contributed by atoms with Crippen molar-refractivity contribution < 1.29 is 4.79 Å². The second-order valence-corrected chi connectivity index (χ2v) is 6.89. The number of fused-ring (bicyclic) bond motifs is 1. The highest BCUT2D eigenvalue weighted by Gasteiger charge is 2.27. The van der Waals surface area contributed by atoms with Crippen molar-refractivity contribution in [3.05, 3.63) is 65.2 Å². The van der Waals surface area contributed by atoms with Crippen LogP contribution in [0.4, 0.5) is 0 Å². The predicted octanol–water partition coefficient (Wildman–Crippen LogP) is 3.91. The van der Waals surface area contributed by atoms with E-state index in [9.17, 15) is 4.79 Å². The van der Waals surface area contributed by atoms with Crippen LogP contribution in [0.15, 0.2) is 53.4 Å². The molecule has 0 fully saturated rings. The van der Waals surface area contributed by atoms with Gasteiger partial charge in [0, 0.05) is 16.8 Å². The molecule has 0 radical (unpaired) electrons. The summed E-state index contributed by atoms with van der Waals surface area (Å²) in [4.78, 5) is 13.5. The largest absolute Gasteiger partial charge is 0.351 e. The summed E-state index contributed by atoms with van der Waals surface area (Å²) in [6.45, 7) is 0.592. The molecule has 108 valence electrons. The first-order chi connectivity index (χ1) is 10.3.